The maximum Gasteiger partial charge on any atom is 0.416 e. The van der Waals surface area contributed by atoms with Gasteiger partial charge in [0.25, 0.3) is 5.91 Å². The van der Waals surface area contributed by atoms with Gasteiger partial charge in [0.05, 0.1) is 12.1 Å². The first-order valence-corrected chi connectivity index (χ1v) is 12.3. The van der Waals surface area contributed by atoms with Crippen LogP contribution in [0.25, 0.3) is 0 Å². The van der Waals surface area contributed by atoms with Gasteiger partial charge in [0, 0.05) is 23.0 Å². The second kappa shape index (κ2) is 11.5. The van der Waals surface area contributed by atoms with Gasteiger partial charge in [-0.1, -0.05) is 43.3 Å². The zero-order chi connectivity index (χ0) is 25.6. The number of carbonyl (C=O) groups is 2. The van der Waals surface area contributed by atoms with Gasteiger partial charge in [-0.15, -0.1) is 11.3 Å². The van der Waals surface area contributed by atoms with Crippen LogP contribution in [-0.4, -0.2) is 34.2 Å². The van der Waals surface area contributed by atoms with Crippen molar-refractivity contribution in [3.8, 4) is 0 Å². The molecule has 0 aliphatic carbocycles. The number of thiophene rings is 1. The molecule has 35 heavy (non-hydrogen) atoms. The molecular weight excluding hydrogens is 473 g/mol. The molecule has 0 fully saturated rings. The Balaban J connectivity index is 1.87. The average Bonchev–Trinajstić information content (AvgIpc) is 3.25. The zero-order valence-electron chi connectivity index (χ0n) is 20.0. The maximum absolute atomic E-state index is 13.5. The lowest BCUT2D eigenvalue weighted by Crippen LogP contribution is -2.46. The van der Waals surface area contributed by atoms with Gasteiger partial charge < -0.3 is 9.80 Å². The minimum Gasteiger partial charge on any atom is -0.332 e. The Kier molecular flexibility index (Phi) is 8.72. The summed E-state index contributed by atoms with van der Waals surface area (Å²) in [7, 11) is 0. The molecule has 3 aromatic rings. The maximum atomic E-state index is 13.5. The van der Waals surface area contributed by atoms with Crippen molar-refractivity contribution in [2.45, 2.75) is 52.5 Å². The zero-order valence-corrected chi connectivity index (χ0v) is 20.8. The average molecular weight is 503 g/mol. The van der Waals surface area contributed by atoms with Gasteiger partial charge in [-0.3, -0.25) is 9.59 Å². The van der Waals surface area contributed by atoms with Crippen molar-refractivity contribution < 1.29 is 22.8 Å². The van der Waals surface area contributed by atoms with Gasteiger partial charge >= 0.3 is 6.18 Å². The summed E-state index contributed by atoms with van der Waals surface area (Å²) in [5.74, 6) is -0.854. The van der Waals surface area contributed by atoms with Crippen molar-refractivity contribution in [2.24, 2.45) is 0 Å². The topological polar surface area (TPSA) is 40.6 Å². The number of halogens is 3. The van der Waals surface area contributed by atoms with Crippen LogP contribution in [0.3, 0.4) is 0 Å². The van der Waals surface area contributed by atoms with Crippen molar-refractivity contribution in [3.63, 3.8) is 0 Å². The predicted octanol–water partition coefficient (Wildman–Crippen LogP) is 6.55. The number of benzene rings is 2. The summed E-state index contributed by atoms with van der Waals surface area (Å²) in [4.78, 5) is 31.0. The van der Waals surface area contributed by atoms with Crippen LogP contribution >= 0.6 is 11.3 Å². The molecule has 0 aliphatic heterocycles. The van der Waals surface area contributed by atoms with E-state index in [0.717, 1.165) is 28.1 Å². The van der Waals surface area contributed by atoms with Gasteiger partial charge in [0.1, 0.15) is 6.54 Å². The van der Waals surface area contributed by atoms with E-state index in [4.69, 9.17) is 0 Å². The van der Waals surface area contributed by atoms with Crippen molar-refractivity contribution in [1.29, 1.82) is 0 Å². The second-order valence-electron chi connectivity index (χ2n) is 8.53. The van der Waals surface area contributed by atoms with Crippen molar-refractivity contribution in [1.82, 2.24) is 9.80 Å². The van der Waals surface area contributed by atoms with Crippen LogP contribution in [0.4, 0.5) is 13.2 Å². The fourth-order valence-electron chi connectivity index (χ4n) is 3.66. The first-order valence-electron chi connectivity index (χ1n) is 11.4. The van der Waals surface area contributed by atoms with Crippen LogP contribution in [0, 0.1) is 6.92 Å². The lowest BCUT2D eigenvalue weighted by molar-refractivity contribution is -0.137. The third-order valence-corrected chi connectivity index (χ3v) is 7.01. The van der Waals surface area contributed by atoms with Crippen LogP contribution in [0.15, 0.2) is 66.0 Å². The van der Waals surface area contributed by atoms with Gasteiger partial charge in [-0.05, 0) is 61.0 Å². The molecule has 0 spiro atoms. The molecule has 1 heterocycles. The van der Waals surface area contributed by atoms with E-state index in [9.17, 15) is 22.8 Å². The summed E-state index contributed by atoms with van der Waals surface area (Å²) in [5.41, 5.74) is 1.06. The van der Waals surface area contributed by atoms with E-state index < -0.39 is 17.6 Å². The number of rotatable bonds is 9. The number of alkyl halides is 3. The van der Waals surface area contributed by atoms with E-state index in [-0.39, 0.29) is 24.1 Å². The summed E-state index contributed by atoms with van der Waals surface area (Å²) in [6.45, 7) is 6.19. The predicted molar refractivity (Wildman–Crippen MR) is 132 cm³/mol. The highest BCUT2D eigenvalue weighted by atomic mass is 32.1. The highest BCUT2D eigenvalue weighted by Crippen LogP contribution is 2.30. The molecule has 186 valence electrons. The summed E-state index contributed by atoms with van der Waals surface area (Å²) in [5, 5.41) is 1.97. The molecule has 1 atom stereocenters. The number of hydrogen-bond donors (Lipinski definition) is 0. The first-order chi connectivity index (χ1) is 16.6. The quantitative estimate of drug-likeness (QED) is 0.333. The Hall–Kier alpha value is -3.13. The van der Waals surface area contributed by atoms with E-state index in [0.29, 0.717) is 19.5 Å². The van der Waals surface area contributed by atoms with Crippen LogP contribution in [0.5, 0.6) is 0 Å². The summed E-state index contributed by atoms with van der Waals surface area (Å²) in [6, 6.07) is 15.6. The van der Waals surface area contributed by atoms with E-state index >= 15 is 0 Å². The molecule has 0 saturated heterocycles. The Morgan fingerprint density at radius 3 is 2.31 bits per heavy atom. The number of hydrogen-bond acceptors (Lipinski definition) is 3. The number of amides is 2. The van der Waals surface area contributed by atoms with Crippen molar-refractivity contribution >= 4 is 23.2 Å². The smallest absolute Gasteiger partial charge is 0.332 e. The molecular formula is C27H29F3N2O2S. The minimum atomic E-state index is -4.56. The molecule has 0 bridgehead atoms. The van der Waals surface area contributed by atoms with Crippen LogP contribution in [0.1, 0.15) is 52.2 Å². The lowest BCUT2D eigenvalue weighted by atomic mass is 10.1. The summed E-state index contributed by atoms with van der Waals surface area (Å²) >= 11 is 1.56. The third kappa shape index (κ3) is 6.94. The lowest BCUT2D eigenvalue weighted by Gasteiger charge is -2.31. The van der Waals surface area contributed by atoms with Gasteiger partial charge in [-0.2, -0.15) is 13.2 Å². The highest BCUT2D eigenvalue weighted by Gasteiger charge is 2.32. The summed E-state index contributed by atoms with van der Waals surface area (Å²) < 4.78 is 39.6. The third-order valence-electron chi connectivity index (χ3n) is 6.00. The van der Waals surface area contributed by atoms with Crippen molar-refractivity contribution in [3.05, 3.63) is 93.2 Å². The SMILES string of the molecule is CCC(C)N(CC(=O)N(Cc1ccccc1)Cc1sccc1C)C(=O)c1cccc(C(F)(F)F)c1. The highest BCUT2D eigenvalue weighted by molar-refractivity contribution is 7.10. The van der Waals surface area contributed by atoms with Gasteiger partial charge in [0.15, 0.2) is 0 Å². The molecule has 2 aromatic carbocycles. The number of carbonyl (C=O) groups excluding carboxylic acids is 2. The monoisotopic (exact) mass is 502 g/mol. The van der Waals surface area contributed by atoms with Crippen LogP contribution < -0.4 is 0 Å². The fraction of sp³-hybridized carbons (Fsp3) is 0.333. The van der Waals surface area contributed by atoms with E-state index in [2.05, 4.69) is 0 Å². The molecule has 0 N–H and O–H groups in total. The van der Waals surface area contributed by atoms with E-state index in [1.807, 2.05) is 55.6 Å². The molecule has 3 rings (SSSR count). The molecule has 0 aliphatic rings. The fourth-order valence-corrected chi connectivity index (χ4v) is 4.58. The van der Waals surface area contributed by atoms with Gasteiger partial charge in [-0.25, -0.2) is 0 Å². The first kappa shape index (κ1) is 26.5. The molecule has 1 aromatic heterocycles. The number of nitrogens with zero attached hydrogens (tertiary/aromatic N) is 2. The van der Waals surface area contributed by atoms with Crippen molar-refractivity contribution in [2.75, 3.05) is 6.54 Å². The van der Waals surface area contributed by atoms with E-state index in [1.54, 1.807) is 23.2 Å². The second-order valence-corrected chi connectivity index (χ2v) is 9.53. The Labute approximate surface area is 208 Å². The van der Waals surface area contributed by atoms with Crippen LogP contribution in [-0.2, 0) is 24.1 Å². The summed E-state index contributed by atoms with van der Waals surface area (Å²) in [6.07, 6.45) is -4.00. The largest absolute Gasteiger partial charge is 0.416 e. The molecule has 8 heteroatoms. The minimum absolute atomic E-state index is 0.0864. The van der Waals surface area contributed by atoms with Gasteiger partial charge in [0.2, 0.25) is 5.91 Å². The molecule has 4 nitrogen and oxygen atoms in total. The normalized spacial score (nSPS) is 12.3. The molecule has 0 saturated carbocycles. The molecule has 2 amide bonds. The number of aryl methyl sites for hydroxylation is 1. The Bertz CT molecular complexity index is 1140. The Morgan fingerprint density at radius 1 is 1.00 bits per heavy atom. The van der Waals surface area contributed by atoms with Crippen LogP contribution in [0.2, 0.25) is 0 Å². The van der Waals surface area contributed by atoms with E-state index in [1.165, 1.54) is 17.0 Å². The Morgan fingerprint density at radius 2 is 1.71 bits per heavy atom. The standard InChI is InChI=1S/C27H29F3N2O2S/c1-4-20(3)32(26(34)22-11-8-12-23(15-22)27(28,29)30)18-25(33)31(16-21-9-6-5-7-10-21)17-24-19(2)13-14-35-24/h5-15,20H,4,16-18H2,1-3H3. The molecule has 0 radical (unpaired) electrons. The molecule has 1 unspecified atom stereocenters.